The lowest BCUT2D eigenvalue weighted by molar-refractivity contribution is -0.138. The Morgan fingerprint density at radius 1 is 1.36 bits per heavy atom. The third-order valence-electron chi connectivity index (χ3n) is 2.79. The molecule has 0 atom stereocenters. The number of carbonyl (C=O) groups excluding carboxylic acids is 1. The Morgan fingerprint density at radius 3 is 2.59 bits per heavy atom. The Bertz CT molecular complexity index is 507. The number of hydrogen-bond acceptors (Lipinski definition) is 4. The maximum Gasteiger partial charge on any atom is 0.406 e. The van der Waals surface area contributed by atoms with Crippen LogP contribution in [0.3, 0.4) is 0 Å². The summed E-state index contributed by atoms with van der Waals surface area (Å²) < 4.78 is 47.8. The Balaban J connectivity index is 3.03. The fraction of sp³-hybridized carbons (Fsp3) is 0.500. The third-order valence-corrected chi connectivity index (χ3v) is 2.79. The summed E-state index contributed by atoms with van der Waals surface area (Å²) in [4.78, 5) is 12.8. The zero-order chi connectivity index (χ0) is 16.8. The van der Waals surface area contributed by atoms with Crippen molar-refractivity contribution in [1.82, 2.24) is 4.90 Å². The number of methoxy groups -OCH3 is 1. The summed E-state index contributed by atoms with van der Waals surface area (Å²) >= 11 is 0. The van der Waals surface area contributed by atoms with E-state index in [0.717, 1.165) is 7.05 Å². The molecular formula is C14H19F3N2O3. The highest BCUT2D eigenvalue weighted by Crippen LogP contribution is 2.32. The Labute approximate surface area is 126 Å². The number of nitrogens with two attached hydrogens (primary N) is 1. The van der Waals surface area contributed by atoms with Crippen LogP contribution in [0.25, 0.3) is 0 Å². The number of ether oxygens (including phenoxy) is 2. The van der Waals surface area contributed by atoms with Crippen LogP contribution in [0, 0.1) is 0 Å². The standard InChI is InChI=1S/C14H19F3N2O3/c1-19(9-14(15,16)17)13(20)10-5-3-6-11(21-2)12(10)22-8-4-7-18/h3,5-6H,4,7-9,18H2,1-2H3. The third kappa shape index (κ3) is 5.10. The monoisotopic (exact) mass is 320 g/mol. The highest BCUT2D eigenvalue weighted by atomic mass is 19.4. The van der Waals surface area contributed by atoms with Gasteiger partial charge in [0.1, 0.15) is 6.54 Å². The maximum atomic E-state index is 12.4. The SMILES string of the molecule is COc1cccc(C(=O)N(C)CC(F)(F)F)c1OCCCN. The summed E-state index contributed by atoms with van der Waals surface area (Å²) in [5.41, 5.74) is 5.38. The van der Waals surface area contributed by atoms with E-state index < -0.39 is 18.6 Å². The van der Waals surface area contributed by atoms with Crippen LogP contribution in [0.5, 0.6) is 11.5 Å². The topological polar surface area (TPSA) is 64.8 Å². The first-order valence-corrected chi connectivity index (χ1v) is 6.62. The van der Waals surface area contributed by atoms with E-state index in [-0.39, 0.29) is 23.7 Å². The molecule has 1 aromatic carbocycles. The summed E-state index contributed by atoms with van der Waals surface area (Å²) in [5.74, 6) is -0.389. The molecule has 0 bridgehead atoms. The van der Waals surface area contributed by atoms with Gasteiger partial charge >= 0.3 is 6.18 Å². The van der Waals surface area contributed by atoms with Gasteiger partial charge in [0.25, 0.3) is 5.91 Å². The summed E-state index contributed by atoms with van der Waals surface area (Å²) in [6.07, 6.45) is -3.92. The molecule has 124 valence electrons. The number of benzene rings is 1. The van der Waals surface area contributed by atoms with Crippen LogP contribution < -0.4 is 15.2 Å². The molecule has 2 N–H and O–H groups in total. The molecule has 0 fully saturated rings. The van der Waals surface area contributed by atoms with Crippen molar-refractivity contribution in [2.24, 2.45) is 5.73 Å². The summed E-state index contributed by atoms with van der Waals surface area (Å²) in [7, 11) is 2.47. The lowest BCUT2D eigenvalue weighted by Gasteiger charge is -2.21. The molecule has 0 spiro atoms. The quantitative estimate of drug-likeness (QED) is 0.781. The molecule has 5 nitrogen and oxygen atoms in total. The molecule has 1 rings (SSSR count). The normalized spacial score (nSPS) is 11.2. The van der Waals surface area contributed by atoms with Gasteiger partial charge in [0.05, 0.1) is 19.3 Å². The lowest BCUT2D eigenvalue weighted by atomic mass is 10.1. The molecule has 0 aliphatic heterocycles. The summed E-state index contributed by atoms with van der Waals surface area (Å²) in [6, 6.07) is 4.48. The minimum atomic E-state index is -4.47. The number of alkyl halides is 3. The van der Waals surface area contributed by atoms with E-state index in [0.29, 0.717) is 17.9 Å². The van der Waals surface area contributed by atoms with Gasteiger partial charge in [0.2, 0.25) is 0 Å². The molecule has 22 heavy (non-hydrogen) atoms. The predicted molar refractivity (Wildman–Crippen MR) is 75.2 cm³/mol. The van der Waals surface area contributed by atoms with E-state index in [1.807, 2.05) is 0 Å². The fourth-order valence-electron chi connectivity index (χ4n) is 1.80. The molecule has 0 aromatic heterocycles. The number of nitrogens with zero attached hydrogens (tertiary/aromatic N) is 1. The van der Waals surface area contributed by atoms with E-state index in [1.54, 1.807) is 6.07 Å². The summed E-state index contributed by atoms with van der Waals surface area (Å²) in [6.45, 7) is -0.710. The van der Waals surface area contributed by atoms with Crippen molar-refractivity contribution in [2.45, 2.75) is 12.6 Å². The van der Waals surface area contributed by atoms with Crippen LogP contribution >= 0.6 is 0 Å². The van der Waals surface area contributed by atoms with E-state index >= 15 is 0 Å². The van der Waals surface area contributed by atoms with Crippen LogP contribution in [0.1, 0.15) is 16.8 Å². The molecular weight excluding hydrogens is 301 g/mol. The van der Waals surface area contributed by atoms with E-state index in [9.17, 15) is 18.0 Å². The second-order valence-electron chi connectivity index (χ2n) is 4.60. The van der Waals surface area contributed by atoms with Gasteiger partial charge in [0.15, 0.2) is 11.5 Å². The molecule has 0 radical (unpaired) electrons. The van der Waals surface area contributed by atoms with Gasteiger partial charge in [-0.1, -0.05) is 6.07 Å². The van der Waals surface area contributed by atoms with Gasteiger partial charge in [-0.25, -0.2) is 0 Å². The highest BCUT2D eigenvalue weighted by Gasteiger charge is 2.32. The van der Waals surface area contributed by atoms with Crippen molar-refractivity contribution < 1.29 is 27.4 Å². The first-order chi connectivity index (χ1) is 10.3. The van der Waals surface area contributed by atoms with Gasteiger partial charge in [0, 0.05) is 7.05 Å². The molecule has 1 amide bonds. The second kappa shape index (κ2) is 7.88. The van der Waals surface area contributed by atoms with Gasteiger partial charge < -0.3 is 20.1 Å². The minimum absolute atomic E-state index is 0.0168. The number of amides is 1. The first-order valence-electron chi connectivity index (χ1n) is 6.62. The molecule has 0 heterocycles. The number of hydrogen-bond donors (Lipinski definition) is 1. The first kappa shape index (κ1) is 18.1. The van der Waals surface area contributed by atoms with Crippen molar-refractivity contribution in [3.05, 3.63) is 23.8 Å². The molecule has 0 aliphatic carbocycles. The average Bonchev–Trinajstić information content (AvgIpc) is 2.45. The number of halogens is 3. The number of rotatable bonds is 7. The van der Waals surface area contributed by atoms with E-state index in [4.69, 9.17) is 15.2 Å². The number of para-hydroxylation sites is 1. The molecule has 0 unspecified atom stereocenters. The van der Waals surface area contributed by atoms with Crippen LogP contribution in [0.15, 0.2) is 18.2 Å². The molecule has 8 heteroatoms. The smallest absolute Gasteiger partial charge is 0.406 e. The molecule has 0 aliphatic rings. The zero-order valence-corrected chi connectivity index (χ0v) is 12.4. The van der Waals surface area contributed by atoms with E-state index in [2.05, 4.69) is 0 Å². The molecule has 1 aromatic rings. The van der Waals surface area contributed by atoms with Crippen molar-refractivity contribution in [3.63, 3.8) is 0 Å². The van der Waals surface area contributed by atoms with Gasteiger partial charge in [-0.15, -0.1) is 0 Å². The van der Waals surface area contributed by atoms with Crippen LogP contribution in [0.2, 0.25) is 0 Å². The van der Waals surface area contributed by atoms with Crippen LogP contribution in [-0.2, 0) is 0 Å². The van der Waals surface area contributed by atoms with Crippen molar-refractivity contribution >= 4 is 5.91 Å². The van der Waals surface area contributed by atoms with Crippen molar-refractivity contribution in [3.8, 4) is 11.5 Å². The highest BCUT2D eigenvalue weighted by molar-refractivity contribution is 5.97. The maximum absolute atomic E-state index is 12.4. The minimum Gasteiger partial charge on any atom is -0.493 e. The predicted octanol–water partition coefficient (Wildman–Crippen LogP) is 2.06. The zero-order valence-electron chi connectivity index (χ0n) is 12.4. The Hall–Kier alpha value is -1.96. The molecule has 0 saturated heterocycles. The lowest BCUT2D eigenvalue weighted by Crippen LogP contribution is -2.36. The largest absolute Gasteiger partial charge is 0.493 e. The van der Waals surface area contributed by atoms with Gasteiger partial charge in [-0.3, -0.25) is 4.79 Å². The number of carbonyl (C=O) groups is 1. The Morgan fingerprint density at radius 2 is 2.05 bits per heavy atom. The second-order valence-corrected chi connectivity index (χ2v) is 4.60. The molecule has 0 saturated carbocycles. The Kier molecular flexibility index (Phi) is 6.48. The van der Waals surface area contributed by atoms with Gasteiger partial charge in [-0.2, -0.15) is 13.2 Å². The van der Waals surface area contributed by atoms with Crippen LogP contribution in [0.4, 0.5) is 13.2 Å². The van der Waals surface area contributed by atoms with Crippen molar-refractivity contribution in [2.75, 3.05) is 33.9 Å². The average molecular weight is 320 g/mol. The van der Waals surface area contributed by atoms with E-state index in [1.165, 1.54) is 19.2 Å². The summed E-state index contributed by atoms with van der Waals surface area (Å²) in [5, 5.41) is 0. The van der Waals surface area contributed by atoms with Gasteiger partial charge in [-0.05, 0) is 25.1 Å². The van der Waals surface area contributed by atoms with Crippen LogP contribution in [-0.4, -0.2) is 50.8 Å². The fourth-order valence-corrected chi connectivity index (χ4v) is 1.80. The van der Waals surface area contributed by atoms with Crippen molar-refractivity contribution in [1.29, 1.82) is 0 Å².